The summed E-state index contributed by atoms with van der Waals surface area (Å²) in [5.74, 6) is 2.87. The van der Waals surface area contributed by atoms with Crippen LogP contribution < -0.4 is 10.1 Å². The molecule has 0 bridgehead atoms. The molecule has 0 saturated carbocycles. The van der Waals surface area contributed by atoms with E-state index in [4.69, 9.17) is 4.74 Å². The molecule has 114 valence electrons. The summed E-state index contributed by atoms with van der Waals surface area (Å²) in [5.41, 5.74) is -0.0847. The Labute approximate surface area is 123 Å². The third kappa shape index (κ3) is 5.35. The van der Waals surface area contributed by atoms with Crippen molar-refractivity contribution >= 4 is 5.82 Å². The van der Waals surface area contributed by atoms with Crippen LogP contribution in [0, 0.1) is 5.92 Å². The van der Waals surface area contributed by atoms with Gasteiger partial charge in [0.2, 0.25) is 5.88 Å². The fraction of sp³-hybridized carbons (Fsp3) is 0.750. The van der Waals surface area contributed by atoms with Crippen molar-refractivity contribution in [2.45, 2.75) is 59.8 Å². The zero-order chi connectivity index (χ0) is 15.2. The van der Waals surface area contributed by atoms with Gasteiger partial charge < -0.3 is 10.1 Å². The van der Waals surface area contributed by atoms with Crippen LogP contribution in [-0.2, 0) is 5.41 Å². The van der Waals surface area contributed by atoms with Crippen molar-refractivity contribution in [3.05, 3.63) is 11.9 Å². The molecule has 1 atom stereocenters. The number of nitrogens with zero attached hydrogens (tertiary/aromatic N) is 2. The molecule has 0 saturated heterocycles. The van der Waals surface area contributed by atoms with Gasteiger partial charge in [-0.3, -0.25) is 0 Å². The third-order valence-electron chi connectivity index (χ3n) is 3.03. The minimum atomic E-state index is -0.0847. The number of hydrogen-bond donors (Lipinski definition) is 1. The molecule has 4 heteroatoms. The van der Waals surface area contributed by atoms with E-state index in [1.165, 1.54) is 12.8 Å². The molecule has 0 radical (unpaired) electrons. The van der Waals surface area contributed by atoms with Gasteiger partial charge in [0.25, 0.3) is 0 Å². The summed E-state index contributed by atoms with van der Waals surface area (Å²) in [6.45, 7) is 14.3. The number of rotatable bonds is 7. The summed E-state index contributed by atoms with van der Waals surface area (Å²) in [5, 5.41) is 3.24. The molecule has 1 unspecified atom stereocenters. The number of nitrogens with one attached hydrogen (secondary N) is 1. The molecule has 0 spiro atoms. The number of hydrogen-bond acceptors (Lipinski definition) is 4. The molecule has 0 aliphatic rings. The van der Waals surface area contributed by atoms with Crippen molar-refractivity contribution in [2.75, 3.05) is 18.5 Å². The molecule has 0 aliphatic heterocycles. The van der Waals surface area contributed by atoms with E-state index < -0.39 is 0 Å². The molecular formula is C16H29N3O. The van der Waals surface area contributed by atoms with E-state index in [-0.39, 0.29) is 5.41 Å². The lowest BCUT2D eigenvalue weighted by molar-refractivity contribution is 0.241. The summed E-state index contributed by atoms with van der Waals surface area (Å²) in [4.78, 5) is 9.10. The third-order valence-corrected chi connectivity index (χ3v) is 3.03. The van der Waals surface area contributed by atoms with Crippen molar-refractivity contribution in [3.8, 4) is 5.88 Å². The van der Waals surface area contributed by atoms with E-state index >= 15 is 0 Å². The van der Waals surface area contributed by atoms with Crippen LogP contribution in [0.2, 0.25) is 0 Å². The van der Waals surface area contributed by atoms with Gasteiger partial charge in [-0.25, -0.2) is 4.98 Å². The second-order valence-electron chi connectivity index (χ2n) is 6.40. The first-order valence-electron chi connectivity index (χ1n) is 7.63. The first kappa shape index (κ1) is 16.7. The van der Waals surface area contributed by atoms with Crippen LogP contribution in [0.4, 0.5) is 5.82 Å². The Morgan fingerprint density at radius 2 is 1.95 bits per heavy atom. The SMILES string of the molecule is CCCC(C)COc1cc(NCC)nc(C(C)(C)C)n1. The van der Waals surface area contributed by atoms with Gasteiger partial charge in [0, 0.05) is 18.0 Å². The molecule has 0 aromatic carbocycles. The molecule has 1 rings (SSSR count). The van der Waals surface area contributed by atoms with Crippen LogP contribution in [0.15, 0.2) is 6.07 Å². The van der Waals surface area contributed by atoms with E-state index in [0.29, 0.717) is 18.4 Å². The molecule has 1 N–H and O–H groups in total. The van der Waals surface area contributed by atoms with Gasteiger partial charge in [0.15, 0.2) is 0 Å². The monoisotopic (exact) mass is 279 g/mol. The average molecular weight is 279 g/mol. The van der Waals surface area contributed by atoms with Crippen molar-refractivity contribution in [3.63, 3.8) is 0 Å². The van der Waals surface area contributed by atoms with Crippen molar-refractivity contribution in [1.29, 1.82) is 0 Å². The van der Waals surface area contributed by atoms with Gasteiger partial charge in [-0.1, -0.05) is 41.0 Å². The highest BCUT2D eigenvalue weighted by molar-refractivity contribution is 5.39. The topological polar surface area (TPSA) is 47.0 Å². The van der Waals surface area contributed by atoms with E-state index in [2.05, 4.69) is 56.8 Å². The first-order chi connectivity index (χ1) is 9.36. The van der Waals surface area contributed by atoms with Crippen molar-refractivity contribution < 1.29 is 4.74 Å². The second-order valence-corrected chi connectivity index (χ2v) is 6.40. The van der Waals surface area contributed by atoms with Gasteiger partial charge in [0.05, 0.1) is 6.61 Å². The lowest BCUT2D eigenvalue weighted by Gasteiger charge is -2.19. The smallest absolute Gasteiger partial charge is 0.218 e. The molecule has 1 heterocycles. The summed E-state index contributed by atoms with van der Waals surface area (Å²) >= 11 is 0. The van der Waals surface area contributed by atoms with E-state index in [9.17, 15) is 0 Å². The van der Waals surface area contributed by atoms with E-state index in [1.807, 2.05) is 6.07 Å². The zero-order valence-corrected chi connectivity index (χ0v) is 13.8. The zero-order valence-electron chi connectivity index (χ0n) is 13.8. The minimum Gasteiger partial charge on any atom is -0.477 e. The Kier molecular flexibility index (Phi) is 6.24. The first-order valence-corrected chi connectivity index (χ1v) is 7.63. The maximum Gasteiger partial charge on any atom is 0.218 e. The summed E-state index contributed by atoms with van der Waals surface area (Å²) < 4.78 is 5.85. The summed E-state index contributed by atoms with van der Waals surface area (Å²) in [6, 6.07) is 1.89. The highest BCUT2D eigenvalue weighted by Crippen LogP contribution is 2.23. The van der Waals surface area contributed by atoms with Gasteiger partial charge >= 0.3 is 0 Å². The molecule has 1 aromatic heterocycles. The van der Waals surface area contributed by atoms with Crippen LogP contribution in [0.25, 0.3) is 0 Å². The van der Waals surface area contributed by atoms with Crippen LogP contribution in [0.3, 0.4) is 0 Å². The Morgan fingerprint density at radius 1 is 1.25 bits per heavy atom. The molecular weight excluding hydrogens is 250 g/mol. The number of anilines is 1. The van der Waals surface area contributed by atoms with Crippen molar-refractivity contribution in [1.82, 2.24) is 9.97 Å². The Balaban J connectivity index is 2.86. The summed E-state index contributed by atoms with van der Waals surface area (Å²) in [7, 11) is 0. The van der Waals surface area contributed by atoms with Crippen LogP contribution >= 0.6 is 0 Å². The second kappa shape index (κ2) is 7.46. The fourth-order valence-corrected chi connectivity index (χ4v) is 1.91. The highest BCUT2D eigenvalue weighted by atomic mass is 16.5. The molecule has 1 aromatic rings. The van der Waals surface area contributed by atoms with Gasteiger partial charge in [0.1, 0.15) is 11.6 Å². The van der Waals surface area contributed by atoms with Gasteiger partial charge in [-0.15, -0.1) is 0 Å². The normalized spacial score (nSPS) is 13.1. The Bertz CT molecular complexity index is 413. The average Bonchev–Trinajstić information content (AvgIpc) is 2.36. The highest BCUT2D eigenvalue weighted by Gasteiger charge is 2.19. The molecule has 0 amide bonds. The maximum absolute atomic E-state index is 5.85. The minimum absolute atomic E-state index is 0.0847. The van der Waals surface area contributed by atoms with E-state index in [1.54, 1.807) is 0 Å². The van der Waals surface area contributed by atoms with Crippen LogP contribution in [0.1, 0.15) is 60.2 Å². The standard InChI is InChI=1S/C16H29N3O/c1-7-9-12(3)11-20-14-10-13(17-8-2)18-15(19-14)16(4,5)6/h10,12H,7-9,11H2,1-6H3,(H,17,18,19). The van der Waals surface area contributed by atoms with Crippen molar-refractivity contribution in [2.24, 2.45) is 5.92 Å². The fourth-order valence-electron chi connectivity index (χ4n) is 1.91. The van der Waals surface area contributed by atoms with Gasteiger partial charge in [-0.2, -0.15) is 4.98 Å². The predicted molar refractivity (Wildman–Crippen MR) is 84.5 cm³/mol. The molecule has 0 fully saturated rings. The largest absolute Gasteiger partial charge is 0.477 e. The quantitative estimate of drug-likeness (QED) is 0.819. The Morgan fingerprint density at radius 3 is 2.50 bits per heavy atom. The molecule has 0 aliphatic carbocycles. The predicted octanol–water partition coefficient (Wildman–Crippen LogP) is 4.02. The lowest BCUT2D eigenvalue weighted by atomic mass is 9.96. The maximum atomic E-state index is 5.85. The lowest BCUT2D eigenvalue weighted by Crippen LogP contribution is -2.18. The Hall–Kier alpha value is -1.32. The number of aromatic nitrogens is 2. The van der Waals surface area contributed by atoms with Gasteiger partial charge in [-0.05, 0) is 19.3 Å². The summed E-state index contributed by atoms with van der Waals surface area (Å²) in [6.07, 6.45) is 2.36. The number of ether oxygens (including phenoxy) is 1. The van der Waals surface area contributed by atoms with E-state index in [0.717, 1.165) is 18.2 Å². The molecule has 4 nitrogen and oxygen atoms in total. The van der Waals surface area contributed by atoms with Crippen LogP contribution in [0.5, 0.6) is 5.88 Å². The molecule has 20 heavy (non-hydrogen) atoms. The van der Waals surface area contributed by atoms with Crippen LogP contribution in [-0.4, -0.2) is 23.1 Å².